The molecule has 1 aromatic carbocycles. The molecule has 0 bridgehead atoms. The molecule has 0 aliphatic heterocycles. The number of hydrogen-bond acceptors (Lipinski definition) is 6. The van der Waals surface area contributed by atoms with Crippen LogP contribution in [0.1, 0.15) is 50.7 Å². The van der Waals surface area contributed by atoms with Crippen LogP contribution in [0.4, 0.5) is 17.3 Å². The SMILES string of the molecule is CC(C)c1cccc(C(C)C)c1NC(=O)CSc1nc(N)cc(N)n1. The van der Waals surface area contributed by atoms with Gasteiger partial charge in [-0.25, -0.2) is 9.97 Å². The average Bonchev–Trinajstić information content (AvgIpc) is 2.51. The van der Waals surface area contributed by atoms with E-state index >= 15 is 0 Å². The fourth-order valence-electron chi connectivity index (χ4n) is 2.53. The maximum atomic E-state index is 12.5. The van der Waals surface area contributed by atoms with Crippen molar-refractivity contribution in [2.24, 2.45) is 0 Å². The number of amides is 1. The summed E-state index contributed by atoms with van der Waals surface area (Å²) in [5.74, 6) is 1.31. The molecule has 5 N–H and O–H groups in total. The third kappa shape index (κ3) is 5.09. The van der Waals surface area contributed by atoms with Crippen LogP contribution in [0.2, 0.25) is 0 Å². The van der Waals surface area contributed by atoms with Crippen LogP contribution in [0.3, 0.4) is 0 Å². The lowest BCUT2D eigenvalue weighted by Gasteiger charge is -2.20. The summed E-state index contributed by atoms with van der Waals surface area (Å²) in [6.07, 6.45) is 0. The number of nitrogens with zero attached hydrogens (tertiary/aromatic N) is 2. The highest BCUT2D eigenvalue weighted by atomic mass is 32.2. The van der Waals surface area contributed by atoms with Gasteiger partial charge in [-0.3, -0.25) is 4.79 Å². The average molecular weight is 359 g/mol. The van der Waals surface area contributed by atoms with Crippen molar-refractivity contribution in [1.29, 1.82) is 0 Å². The first-order valence-electron chi connectivity index (χ1n) is 8.23. The van der Waals surface area contributed by atoms with Crippen molar-refractivity contribution in [1.82, 2.24) is 9.97 Å². The standard InChI is InChI=1S/C18H25N5OS/c1-10(2)12-6-5-7-13(11(3)4)17(12)23-16(24)9-25-18-21-14(19)8-15(20)22-18/h5-8,10-11H,9H2,1-4H3,(H,23,24)(H4,19,20,21,22). The van der Waals surface area contributed by atoms with Crippen LogP contribution in [0.5, 0.6) is 0 Å². The molecule has 2 aromatic rings. The maximum Gasteiger partial charge on any atom is 0.234 e. The topological polar surface area (TPSA) is 107 Å². The molecule has 0 atom stereocenters. The van der Waals surface area contributed by atoms with Gasteiger partial charge in [0.1, 0.15) is 11.6 Å². The molecule has 0 aliphatic carbocycles. The molecule has 0 saturated carbocycles. The molecular formula is C18H25N5OS. The Labute approximate surface area is 152 Å². The Kier molecular flexibility index (Phi) is 6.25. The summed E-state index contributed by atoms with van der Waals surface area (Å²) in [6, 6.07) is 7.64. The Hall–Kier alpha value is -2.28. The lowest BCUT2D eigenvalue weighted by molar-refractivity contribution is -0.113. The van der Waals surface area contributed by atoms with Crippen molar-refractivity contribution in [3.63, 3.8) is 0 Å². The zero-order valence-electron chi connectivity index (χ0n) is 15.0. The molecule has 0 spiro atoms. The van der Waals surface area contributed by atoms with E-state index in [4.69, 9.17) is 11.5 Å². The number of thioether (sulfide) groups is 1. The predicted octanol–water partition coefficient (Wildman–Crippen LogP) is 3.62. The Balaban J connectivity index is 2.14. The lowest BCUT2D eigenvalue weighted by atomic mass is 9.92. The molecule has 7 heteroatoms. The first-order valence-corrected chi connectivity index (χ1v) is 9.22. The summed E-state index contributed by atoms with van der Waals surface area (Å²) in [5.41, 5.74) is 14.5. The van der Waals surface area contributed by atoms with Gasteiger partial charge >= 0.3 is 0 Å². The fourth-order valence-corrected chi connectivity index (χ4v) is 3.20. The van der Waals surface area contributed by atoms with Gasteiger partial charge in [-0.05, 0) is 23.0 Å². The maximum absolute atomic E-state index is 12.5. The van der Waals surface area contributed by atoms with E-state index in [1.165, 1.54) is 17.8 Å². The van der Waals surface area contributed by atoms with Crippen LogP contribution in [0.15, 0.2) is 29.4 Å². The van der Waals surface area contributed by atoms with Gasteiger partial charge in [0.2, 0.25) is 5.91 Å². The number of para-hydroxylation sites is 1. The summed E-state index contributed by atoms with van der Waals surface area (Å²) in [5, 5.41) is 3.46. The summed E-state index contributed by atoms with van der Waals surface area (Å²) in [6.45, 7) is 8.47. The molecule has 0 radical (unpaired) electrons. The molecule has 0 saturated heterocycles. The van der Waals surface area contributed by atoms with E-state index in [0.717, 1.165) is 16.8 Å². The van der Waals surface area contributed by atoms with Gasteiger partial charge < -0.3 is 16.8 Å². The van der Waals surface area contributed by atoms with Gasteiger partial charge in [-0.2, -0.15) is 0 Å². The Bertz CT molecular complexity index is 715. The van der Waals surface area contributed by atoms with Crippen LogP contribution in [-0.4, -0.2) is 21.6 Å². The van der Waals surface area contributed by atoms with Gasteiger partial charge in [0.05, 0.1) is 5.75 Å². The number of benzene rings is 1. The van der Waals surface area contributed by atoms with Crippen molar-refractivity contribution in [3.8, 4) is 0 Å². The molecule has 0 aliphatic rings. The fraction of sp³-hybridized carbons (Fsp3) is 0.389. The van der Waals surface area contributed by atoms with Gasteiger partial charge in [0.25, 0.3) is 0 Å². The molecule has 0 fully saturated rings. The number of anilines is 3. The normalized spacial score (nSPS) is 11.1. The highest BCUT2D eigenvalue weighted by Crippen LogP contribution is 2.32. The molecule has 6 nitrogen and oxygen atoms in total. The van der Waals surface area contributed by atoms with E-state index in [0.29, 0.717) is 28.6 Å². The number of rotatable bonds is 6. The summed E-state index contributed by atoms with van der Waals surface area (Å²) >= 11 is 1.21. The van der Waals surface area contributed by atoms with Gasteiger partial charge in [0.15, 0.2) is 5.16 Å². The highest BCUT2D eigenvalue weighted by molar-refractivity contribution is 7.99. The quantitative estimate of drug-likeness (QED) is 0.537. The zero-order chi connectivity index (χ0) is 18.6. The minimum absolute atomic E-state index is 0.107. The van der Waals surface area contributed by atoms with Crippen LogP contribution >= 0.6 is 11.8 Å². The predicted molar refractivity (Wildman–Crippen MR) is 105 cm³/mol. The van der Waals surface area contributed by atoms with Gasteiger partial charge in [0, 0.05) is 11.8 Å². The van der Waals surface area contributed by atoms with E-state index in [1.54, 1.807) is 0 Å². The molecular weight excluding hydrogens is 334 g/mol. The van der Waals surface area contributed by atoms with E-state index in [-0.39, 0.29) is 11.7 Å². The number of carbonyl (C=O) groups excluding carboxylic acids is 1. The Morgan fingerprint density at radius 2 is 1.60 bits per heavy atom. The van der Waals surface area contributed by atoms with Gasteiger partial charge in [-0.15, -0.1) is 0 Å². The van der Waals surface area contributed by atoms with E-state index in [9.17, 15) is 4.79 Å². The molecule has 1 heterocycles. The first kappa shape index (κ1) is 19.1. The second-order valence-electron chi connectivity index (χ2n) is 6.46. The summed E-state index contributed by atoms with van der Waals surface area (Å²) in [4.78, 5) is 20.6. The highest BCUT2D eigenvalue weighted by Gasteiger charge is 2.16. The summed E-state index contributed by atoms with van der Waals surface area (Å²) < 4.78 is 0. The number of carbonyl (C=O) groups is 1. The number of hydrogen-bond donors (Lipinski definition) is 3. The summed E-state index contributed by atoms with van der Waals surface area (Å²) in [7, 11) is 0. The number of nitrogen functional groups attached to an aromatic ring is 2. The largest absolute Gasteiger partial charge is 0.383 e. The second kappa shape index (κ2) is 8.20. The Morgan fingerprint density at radius 3 is 2.08 bits per heavy atom. The van der Waals surface area contributed by atoms with Crippen LogP contribution < -0.4 is 16.8 Å². The van der Waals surface area contributed by atoms with E-state index < -0.39 is 0 Å². The third-order valence-corrected chi connectivity index (χ3v) is 4.56. The molecule has 1 amide bonds. The van der Waals surface area contributed by atoms with E-state index in [1.807, 2.05) is 6.07 Å². The first-order chi connectivity index (χ1) is 11.8. The van der Waals surface area contributed by atoms with Crippen LogP contribution in [0.25, 0.3) is 0 Å². The number of aromatic nitrogens is 2. The van der Waals surface area contributed by atoms with Crippen molar-refractivity contribution < 1.29 is 4.79 Å². The minimum atomic E-state index is -0.107. The van der Waals surface area contributed by atoms with Crippen molar-refractivity contribution >= 4 is 35.0 Å². The number of nitrogens with two attached hydrogens (primary N) is 2. The van der Waals surface area contributed by atoms with Crippen molar-refractivity contribution in [2.45, 2.75) is 44.7 Å². The number of nitrogens with one attached hydrogen (secondary N) is 1. The monoisotopic (exact) mass is 359 g/mol. The molecule has 25 heavy (non-hydrogen) atoms. The third-order valence-electron chi connectivity index (χ3n) is 3.71. The molecule has 1 aromatic heterocycles. The van der Waals surface area contributed by atoms with Crippen molar-refractivity contribution in [3.05, 3.63) is 35.4 Å². The lowest BCUT2D eigenvalue weighted by Crippen LogP contribution is -2.18. The van der Waals surface area contributed by atoms with E-state index in [2.05, 4.69) is 55.1 Å². The second-order valence-corrected chi connectivity index (χ2v) is 7.40. The smallest absolute Gasteiger partial charge is 0.234 e. The molecule has 0 unspecified atom stereocenters. The Morgan fingerprint density at radius 1 is 1.08 bits per heavy atom. The molecule has 2 rings (SSSR count). The zero-order valence-corrected chi connectivity index (χ0v) is 15.9. The van der Waals surface area contributed by atoms with Crippen molar-refractivity contribution in [2.75, 3.05) is 22.5 Å². The van der Waals surface area contributed by atoms with Gasteiger partial charge in [-0.1, -0.05) is 57.7 Å². The molecule has 134 valence electrons. The minimum Gasteiger partial charge on any atom is -0.383 e. The van der Waals surface area contributed by atoms with Crippen LogP contribution in [-0.2, 0) is 4.79 Å². The van der Waals surface area contributed by atoms with Crippen LogP contribution in [0, 0.1) is 0 Å².